The predicted octanol–water partition coefficient (Wildman–Crippen LogP) is 3.14. The van der Waals surface area contributed by atoms with Crippen molar-refractivity contribution in [1.29, 1.82) is 0 Å². The van der Waals surface area contributed by atoms with E-state index in [1.54, 1.807) is 0 Å². The molecule has 1 unspecified atom stereocenters. The summed E-state index contributed by atoms with van der Waals surface area (Å²) in [5, 5.41) is 3.36. The van der Waals surface area contributed by atoms with E-state index < -0.39 is 0 Å². The van der Waals surface area contributed by atoms with E-state index >= 15 is 0 Å². The van der Waals surface area contributed by atoms with E-state index in [1.165, 1.54) is 32.1 Å². The molecule has 0 amide bonds. The maximum absolute atomic E-state index is 4.64. The van der Waals surface area contributed by atoms with E-state index in [4.69, 9.17) is 0 Å². The van der Waals surface area contributed by atoms with Gasteiger partial charge in [0, 0.05) is 19.1 Å². The Balaban J connectivity index is 1.99. The molecule has 20 heavy (non-hydrogen) atoms. The van der Waals surface area contributed by atoms with E-state index in [0.29, 0.717) is 6.04 Å². The van der Waals surface area contributed by atoms with Gasteiger partial charge in [-0.3, -0.25) is 4.98 Å². The van der Waals surface area contributed by atoms with Gasteiger partial charge in [-0.1, -0.05) is 26.7 Å². The molecule has 2 heterocycles. The number of hydrogen-bond donors (Lipinski definition) is 1. The van der Waals surface area contributed by atoms with Crippen LogP contribution in [0.5, 0.6) is 0 Å². The van der Waals surface area contributed by atoms with Crippen LogP contribution in [0, 0.1) is 0 Å². The maximum Gasteiger partial charge on any atom is 0.147 e. The molecule has 0 spiro atoms. The first-order chi connectivity index (χ1) is 9.85. The molecule has 4 heteroatoms. The van der Waals surface area contributed by atoms with Gasteiger partial charge in [0.15, 0.2) is 0 Å². The highest BCUT2D eigenvalue weighted by molar-refractivity contribution is 5.37. The molecule has 112 valence electrons. The Morgan fingerprint density at radius 2 is 2.10 bits per heavy atom. The van der Waals surface area contributed by atoms with Gasteiger partial charge in [-0.2, -0.15) is 0 Å². The SMILES string of the molecule is CCCNCc1cnc(N2CCCCCC2CC)cn1. The molecule has 1 atom stereocenters. The Hall–Kier alpha value is -1.16. The number of anilines is 1. The Morgan fingerprint density at radius 3 is 2.80 bits per heavy atom. The molecule has 1 saturated heterocycles. The minimum atomic E-state index is 0.635. The quantitative estimate of drug-likeness (QED) is 0.810. The van der Waals surface area contributed by atoms with Crippen LogP contribution in [0.15, 0.2) is 12.4 Å². The van der Waals surface area contributed by atoms with Gasteiger partial charge in [-0.05, 0) is 32.2 Å². The summed E-state index contributed by atoms with van der Waals surface area (Å²) < 4.78 is 0. The summed E-state index contributed by atoms with van der Waals surface area (Å²) in [5.74, 6) is 1.05. The fourth-order valence-electron chi connectivity index (χ4n) is 2.88. The van der Waals surface area contributed by atoms with Crippen molar-refractivity contribution in [1.82, 2.24) is 15.3 Å². The van der Waals surface area contributed by atoms with Gasteiger partial charge >= 0.3 is 0 Å². The minimum absolute atomic E-state index is 0.635. The fraction of sp³-hybridized carbons (Fsp3) is 0.750. The molecule has 1 aromatic heterocycles. The molecule has 1 aliphatic heterocycles. The average molecular weight is 276 g/mol. The molecular formula is C16H28N4. The van der Waals surface area contributed by atoms with Crippen molar-refractivity contribution in [2.75, 3.05) is 18.0 Å². The Kier molecular flexibility index (Phi) is 6.25. The first-order valence-corrected chi connectivity index (χ1v) is 8.13. The van der Waals surface area contributed by atoms with Gasteiger partial charge < -0.3 is 10.2 Å². The third-order valence-corrected chi connectivity index (χ3v) is 4.07. The Morgan fingerprint density at radius 1 is 1.20 bits per heavy atom. The van der Waals surface area contributed by atoms with E-state index in [1.807, 2.05) is 12.4 Å². The van der Waals surface area contributed by atoms with Crippen LogP contribution in [-0.4, -0.2) is 29.1 Å². The van der Waals surface area contributed by atoms with Crippen LogP contribution in [0.4, 0.5) is 5.82 Å². The summed E-state index contributed by atoms with van der Waals surface area (Å²) in [6, 6.07) is 0.635. The van der Waals surface area contributed by atoms with Crippen LogP contribution in [0.25, 0.3) is 0 Å². The zero-order chi connectivity index (χ0) is 14.2. The third kappa shape index (κ3) is 4.17. The molecule has 1 fully saturated rings. The number of nitrogens with zero attached hydrogens (tertiary/aromatic N) is 3. The first-order valence-electron chi connectivity index (χ1n) is 8.13. The molecule has 0 aromatic carbocycles. The van der Waals surface area contributed by atoms with Gasteiger partial charge in [-0.25, -0.2) is 4.98 Å². The average Bonchev–Trinajstić information content (AvgIpc) is 2.73. The van der Waals surface area contributed by atoms with Gasteiger partial charge in [-0.15, -0.1) is 0 Å². The lowest BCUT2D eigenvalue weighted by atomic mass is 10.1. The second-order valence-corrected chi connectivity index (χ2v) is 5.65. The van der Waals surface area contributed by atoms with Crippen LogP contribution < -0.4 is 10.2 Å². The summed E-state index contributed by atoms with van der Waals surface area (Å²) in [7, 11) is 0. The van der Waals surface area contributed by atoms with Gasteiger partial charge in [0.25, 0.3) is 0 Å². The number of hydrogen-bond acceptors (Lipinski definition) is 4. The molecule has 4 nitrogen and oxygen atoms in total. The van der Waals surface area contributed by atoms with Crippen molar-refractivity contribution in [3.8, 4) is 0 Å². The topological polar surface area (TPSA) is 41.1 Å². The first kappa shape index (κ1) is 15.2. The molecule has 0 radical (unpaired) electrons. The van der Waals surface area contributed by atoms with E-state index in [2.05, 4.69) is 34.0 Å². The zero-order valence-electron chi connectivity index (χ0n) is 12.9. The van der Waals surface area contributed by atoms with E-state index in [-0.39, 0.29) is 0 Å². The second-order valence-electron chi connectivity index (χ2n) is 5.65. The molecule has 1 aromatic rings. The lowest BCUT2D eigenvalue weighted by molar-refractivity contribution is 0.551. The highest BCUT2D eigenvalue weighted by atomic mass is 15.2. The molecule has 1 aliphatic rings. The highest BCUT2D eigenvalue weighted by Gasteiger charge is 2.20. The summed E-state index contributed by atoms with van der Waals surface area (Å²) in [6.07, 6.45) is 11.5. The third-order valence-electron chi connectivity index (χ3n) is 4.07. The maximum atomic E-state index is 4.64. The molecular weight excluding hydrogens is 248 g/mol. The molecule has 1 N–H and O–H groups in total. The van der Waals surface area contributed by atoms with Crippen LogP contribution in [0.3, 0.4) is 0 Å². The fourth-order valence-corrected chi connectivity index (χ4v) is 2.88. The van der Waals surface area contributed by atoms with Crippen molar-refractivity contribution in [3.63, 3.8) is 0 Å². The monoisotopic (exact) mass is 276 g/mol. The molecule has 0 bridgehead atoms. The van der Waals surface area contributed by atoms with Crippen LogP contribution in [-0.2, 0) is 6.54 Å². The Bertz CT molecular complexity index is 377. The van der Waals surface area contributed by atoms with Crippen LogP contribution in [0.2, 0.25) is 0 Å². The molecule has 2 rings (SSSR count). The van der Waals surface area contributed by atoms with Crippen LogP contribution >= 0.6 is 0 Å². The summed E-state index contributed by atoms with van der Waals surface area (Å²) in [6.45, 7) is 7.43. The van der Waals surface area contributed by atoms with Crippen molar-refractivity contribution >= 4 is 5.82 Å². The van der Waals surface area contributed by atoms with Crippen molar-refractivity contribution < 1.29 is 0 Å². The zero-order valence-corrected chi connectivity index (χ0v) is 12.9. The summed E-state index contributed by atoms with van der Waals surface area (Å²) >= 11 is 0. The second kappa shape index (κ2) is 8.20. The lowest BCUT2D eigenvalue weighted by Crippen LogP contribution is -2.35. The standard InChI is InChI=1S/C16H28N4/c1-3-9-17-11-14-12-19-16(13-18-14)20-10-7-5-6-8-15(20)4-2/h12-13,15,17H,3-11H2,1-2H3. The molecule has 0 saturated carbocycles. The Labute approximate surface area is 123 Å². The minimum Gasteiger partial charge on any atom is -0.352 e. The van der Waals surface area contributed by atoms with Gasteiger partial charge in [0.2, 0.25) is 0 Å². The smallest absolute Gasteiger partial charge is 0.147 e. The van der Waals surface area contributed by atoms with Crippen molar-refractivity contribution in [2.45, 2.75) is 65.0 Å². The van der Waals surface area contributed by atoms with E-state index in [9.17, 15) is 0 Å². The van der Waals surface area contributed by atoms with E-state index in [0.717, 1.165) is 37.6 Å². The van der Waals surface area contributed by atoms with Gasteiger partial charge in [0.1, 0.15) is 5.82 Å². The van der Waals surface area contributed by atoms with Crippen LogP contribution in [0.1, 0.15) is 58.1 Å². The number of aromatic nitrogens is 2. The number of nitrogens with one attached hydrogen (secondary N) is 1. The number of rotatable bonds is 6. The van der Waals surface area contributed by atoms with Crippen molar-refractivity contribution in [3.05, 3.63) is 18.1 Å². The van der Waals surface area contributed by atoms with Crippen molar-refractivity contribution in [2.24, 2.45) is 0 Å². The largest absolute Gasteiger partial charge is 0.352 e. The predicted molar refractivity (Wildman–Crippen MR) is 83.9 cm³/mol. The van der Waals surface area contributed by atoms with Gasteiger partial charge in [0.05, 0.1) is 18.1 Å². The summed E-state index contributed by atoms with van der Waals surface area (Å²) in [4.78, 5) is 11.7. The lowest BCUT2D eigenvalue weighted by Gasteiger charge is -2.30. The highest BCUT2D eigenvalue weighted by Crippen LogP contribution is 2.23. The molecule has 0 aliphatic carbocycles. The normalized spacial score (nSPS) is 19.9. The summed E-state index contributed by atoms with van der Waals surface area (Å²) in [5.41, 5.74) is 1.03.